The lowest BCUT2D eigenvalue weighted by Gasteiger charge is -2.24. The van der Waals surface area contributed by atoms with E-state index in [-0.39, 0.29) is 25.4 Å². The zero-order valence-electron chi connectivity index (χ0n) is 12.9. The van der Waals surface area contributed by atoms with Crippen molar-refractivity contribution in [2.45, 2.75) is 52.4 Å². The van der Waals surface area contributed by atoms with Crippen molar-refractivity contribution in [1.82, 2.24) is 0 Å². The van der Waals surface area contributed by atoms with E-state index in [0.29, 0.717) is 19.3 Å². The molecule has 0 amide bonds. The van der Waals surface area contributed by atoms with Crippen LogP contribution in [0, 0.1) is 5.41 Å². The van der Waals surface area contributed by atoms with Gasteiger partial charge in [0.05, 0.1) is 6.61 Å². The van der Waals surface area contributed by atoms with Crippen molar-refractivity contribution >= 4 is 17.7 Å². The molecule has 5 nitrogen and oxygen atoms in total. The second kappa shape index (κ2) is 8.60. The number of allylic oxidation sites excluding steroid dienone is 1. The van der Waals surface area contributed by atoms with E-state index in [2.05, 4.69) is 6.92 Å². The highest BCUT2D eigenvalue weighted by Crippen LogP contribution is 2.39. The molecule has 1 saturated carbocycles. The summed E-state index contributed by atoms with van der Waals surface area (Å²) in [4.78, 5) is 35.2. The Morgan fingerprint density at radius 3 is 2.62 bits per heavy atom. The molecular formula is C16H24O5. The van der Waals surface area contributed by atoms with Crippen LogP contribution in [0.15, 0.2) is 12.2 Å². The molecule has 1 aliphatic carbocycles. The summed E-state index contributed by atoms with van der Waals surface area (Å²) in [6.45, 7) is 3.63. The van der Waals surface area contributed by atoms with Crippen LogP contribution < -0.4 is 0 Å². The number of esters is 2. The first-order valence-electron chi connectivity index (χ1n) is 7.52. The van der Waals surface area contributed by atoms with Crippen molar-refractivity contribution in [1.29, 1.82) is 0 Å². The first-order valence-corrected chi connectivity index (χ1v) is 7.52. The minimum atomic E-state index is -1.12. The molecule has 0 bridgehead atoms. The van der Waals surface area contributed by atoms with E-state index in [1.54, 1.807) is 6.08 Å². The number of hydrogen-bond acceptors (Lipinski definition) is 5. The van der Waals surface area contributed by atoms with Gasteiger partial charge in [-0.3, -0.25) is 14.4 Å². The van der Waals surface area contributed by atoms with Gasteiger partial charge in [0.2, 0.25) is 0 Å². The molecule has 0 spiro atoms. The van der Waals surface area contributed by atoms with Crippen LogP contribution in [0.2, 0.25) is 0 Å². The zero-order chi connectivity index (χ0) is 15.7. The van der Waals surface area contributed by atoms with Crippen LogP contribution in [0.5, 0.6) is 0 Å². The Bertz CT molecular complexity index is 413. The van der Waals surface area contributed by atoms with Gasteiger partial charge in [0.1, 0.15) is 17.8 Å². The summed E-state index contributed by atoms with van der Waals surface area (Å²) in [6, 6.07) is 0. The van der Waals surface area contributed by atoms with Gasteiger partial charge in [0.25, 0.3) is 0 Å². The van der Waals surface area contributed by atoms with Gasteiger partial charge in [-0.15, -0.1) is 0 Å². The van der Waals surface area contributed by atoms with Gasteiger partial charge >= 0.3 is 11.9 Å². The Hall–Kier alpha value is -1.65. The molecule has 118 valence electrons. The number of Topliss-reactive ketones (excluding diaryl/α,β-unsaturated/α-hetero) is 1. The van der Waals surface area contributed by atoms with Gasteiger partial charge in [-0.25, -0.2) is 0 Å². The lowest BCUT2D eigenvalue weighted by molar-refractivity contribution is -0.161. The SMILES string of the molecule is CCCC=CCOC(=O)C1(CCOC(C)=O)CCCC1=O. The molecule has 0 heterocycles. The third-order valence-corrected chi connectivity index (χ3v) is 3.70. The van der Waals surface area contributed by atoms with Crippen LogP contribution in [-0.2, 0) is 23.9 Å². The maximum Gasteiger partial charge on any atom is 0.320 e. The number of carbonyl (C=O) groups is 3. The largest absolute Gasteiger partial charge is 0.466 e. The van der Waals surface area contributed by atoms with Gasteiger partial charge in [0, 0.05) is 19.8 Å². The Balaban J connectivity index is 2.58. The van der Waals surface area contributed by atoms with Crippen LogP contribution in [-0.4, -0.2) is 30.9 Å². The van der Waals surface area contributed by atoms with Crippen molar-refractivity contribution < 1.29 is 23.9 Å². The van der Waals surface area contributed by atoms with E-state index in [4.69, 9.17) is 9.47 Å². The number of hydrogen-bond donors (Lipinski definition) is 0. The Morgan fingerprint density at radius 2 is 2.05 bits per heavy atom. The fraction of sp³-hybridized carbons (Fsp3) is 0.688. The molecule has 1 unspecified atom stereocenters. The first kappa shape index (κ1) is 17.4. The van der Waals surface area contributed by atoms with Crippen molar-refractivity contribution in [3.63, 3.8) is 0 Å². The maximum absolute atomic E-state index is 12.3. The molecule has 5 heteroatoms. The van der Waals surface area contributed by atoms with Crippen molar-refractivity contribution in [2.24, 2.45) is 5.41 Å². The third kappa shape index (κ3) is 4.99. The number of ether oxygens (including phenoxy) is 2. The summed E-state index contributed by atoms with van der Waals surface area (Å²) >= 11 is 0. The Kier molecular flexibility index (Phi) is 7.12. The Labute approximate surface area is 125 Å². The predicted molar refractivity (Wildman–Crippen MR) is 77.5 cm³/mol. The van der Waals surface area contributed by atoms with Crippen LogP contribution >= 0.6 is 0 Å². The average molecular weight is 296 g/mol. The molecule has 1 atom stereocenters. The van der Waals surface area contributed by atoms with E-state index in [1.807, 2.05) is 6.08 Å². The third-order valence-electron chi connectivity index (χ3n) is 3.70. The molecular weight excluding hydrogens is 272 g/mol. The second-order valence-corrected chi connectivity index (χ2v) is 5.31. The maximum atomic E-state index is 12.3. The molecule has 0 aliphatic heterocycles. The van der Waals surface area contributed by atoms with E-state index in [9.17, 15) is 14.4 Å². The summed E-state index contributed by atoms with van der Waals surface area (Å²) in [6.07, 6.45) is 7.48. The number of carbonyl (C=O) groups excluding carboxylic acids is 3. The van der Waals surface area contributed by atoms with Crippen LogP contribution in [0.4, 0.5) is 0 Å². The summed E-state index contributed by atoms with van der Waals surface area (Å²) in [5.41, 5.74) is -1.12. The highest BCUT2D eigenvalue weighted by Gasteiger charge is 2.49. The molecule has 0 N–H and O–H groups in total. The summed E-state index contributed by atoms with van der Waals surface area (Å²) < 4.78 is 10.1. The number of rotatable bonds is 8. The monoisotopic (exact) mass is 296 g/mol. The van der Waals surface area contributed by atoms with Gasteiger partial charge in [-0.2, -0.15) is 0 Å². The van der Waals surface area contributed by atoms with Crippen molar-refractivity contribution in [2.75, 3.05) is 13.2 Å². The first-order chi connectivity index (χ1) is 10.0. The average Bonchev–Trinajstić information content (AvgIpc) is 2.80. The lowest BCUT2D eigenvalue weighted by Crippen LogP contribution is -2.38. The molecule has 1 fully saturated rings. The molecule has 1 aliphatic rings. The van der Waals surface area contributed by atoms with Gasteiger partial charge in [0.15, 0.2) is 0 Å². The highest BCUT2D eigenvalue weighted by atomic mass is 16.5. The van der Waals surface area contributed by atoms with Gasteiger partial charge in [-0.1, -0.05) is 25.5 Å². The number of unbranched alkanes of at least 4 members (excludes halogenated alkanes) is 1. The highest BCUT2D eigenvalue weighted by molar-refractivity contribution is 6.05. The lowest BCUT2D eigenvalue weighted by atomic mass is 9.82. The van der Waals surface area contributed by atoms with Crippen LogP contribution in [0.1, 0.15) is 52.4 Å². The van der Waals surface area contributed by atoms with E-state index < -0.39 is 17.4 Å². The molecule has 0 saturated heterocycles. The second-order valence-electron chi connectivity index (χ2n) is 5.31. The minimum Gasteiger partial charge on any atom is -0.466 e. The predicted octanol–water partition coefficient (Wildman–Crippen LogP) is 2.58. The molecule has 0 radical (unpaired) electrons. The van der Waals surface area contributed by atoms with Crippen LogP contribution in [0.25, 0.3) is 0 Å². The molecule has 0 aromatic carbocycles. The van der Waals surface area contributed by atoms with E-state index in [0.717, 1.165) is 12.8 Å². The van der Waals surface area contributed by atoms with E-state index >= 15 is 0 Å². The quantitative estimate of drug-likeness (QED) is 0.391. The van der Waals surface area contributed by atoms with Crippen LogP contribution in [0.3, 0.4) is 0 Å². The smallest absolute Gasteiger partial charge is 0.320 e. The standard InChI is InChI=1S/C16H24O5/c1-3-4-5-6-11-21-15(19)16(9-7-8-14(16)18)10-12-20-13(2)17/h5-6H,3-4,7-12H2,1-2H3. The topological polar surface area (TPSA) is 69.7 Å². The summed E-state index contributed by atoms with van der Waals surface area (Å²) in [7, 11) is 0. The van der Waals surface area contributed by atoms with Gasteiger partial charge < -0.3 is 9.47 Å². The minimum absolute atomic E-state index is 0.0713. The summed E-state index contributed by atoms with van der Waals surface area (Å²) in [5, 5.41) is 0. The van der Waals surface area contributed by atoms with E-state index in [1.165, 1.54) is 6.92 Å². The molecule has 21 heavy (non-hydrogen) atoms. The Morgan fingerprint density at radius 1 is 1.29 bits per heavy atom. The normalized spacial score (nSPS) is 21.7. The summed E-state index contributed by atoms with van der Waals surface area (Å²) in [5.74, 6) is -0.998. The molecule has 0 aromatic rings. The fourth-order valence-electron chi connectivity index (χ4n) is 2.50. The zero-order valence-corrected chi connectivity index (χ0v) is 12.9. The van der Waals surface area contributed by atoms with Crippen molar-refractivity contribution in [3.8, 4) is 0 Å². The fourth-order valence-corrected chi connectivity index (χ4v) is 2.50. The molecule has 0 aromatic heterocycles. The number of ketones is 1. The molecule has 1 rings (SSSR count). The van der Waals surface area contributed by atoms with Gasteiger partial charge in [-0.05, 0) is 19.3 Å². The van der Waals surface area contributed by atoms with Crippen molar-refractivity contribution in [3.05, 3.63) is 12.2 Å².